The van der Waals surface area contributed by atoms with Crippen LogP contribution >= 0.6 is 0 Å². The molecule has 2 N–H and O–H groups in total. The van der Waals surface area contributed by atoms with Gasteiger partial charge in [-0.15, -0.1) is 0 Å². The highest BCUT2D eigenvalue weighted by Crippen LogP contribution is 2.17. The number of amides is 1. The van der Waals surface area contributed by atoms with Crippen molar-refractivity contribution in [3.8, 4) is 0 Å². The van der Waals surface area contributed by atoms with Gasteiger partial charge in [0.1, 0.15) is 0 Å². The smallest absolute Gasteiger partial charge is 0.224 e. The lowest BCUT2D eigenvalue weighted by molar-refractivity contribution is -0.125. The maximum atomic E-state index is 11.9. The summed E-state index contributed by atoms with van der Waals surface area (Å²) in [6.07, 6.45) is 3.14. The van der Waals surface area contributed by atoms with E-state index in [0.29, 0.717) is 12.0 Å². The Balaban J connectivity index is 1.70. The van der Waals surface area contributed by atoms with Gasteiger partial charge in [-0.05, 0) is 38.6 Å². The van der Waals surface area contributed by atoms with Crippen molar-refractivity contribution in [1.29, 1.82) is 0 Å². The lowest BCUT2D eigenvalue weighted by atomic mass is 9.98. The molecule has 92 valence electrons. The van der Waals surface area contributed by atoms with E-state index in [2.05, 4.69) is 17.6 Å². The quantitative estimate of drug-likeness (QED) is 0.738. The molecule has 4 heteroatoms. The molecule has 0 aromatic rings. The van der Waals surface area contributed by atoms with E-state index in [-0.39, 0.29) is 11.8 Å². The fourth-order valence-corrected chi connectivity index (χ4v) is 2.54. The van der Waals surface area contributed by atoms with Crippen molar-refractivity contribution in [1.82, 2.24) is 10.6 Å². The van der Waals surface area contributed by atoms with Gasteiger partial charge in [0, 0.05) is 25.8 Å². The largest absolute Gasteiger partial charge is 0.381 e. The summed E-state index contributed by atoms with van der Waals surface area (Å²) in [6.45, 7) is 5.58. The standard InChI is InChI=1S/C12H22N2O2/c1-9-11(2-5-13-9)12(15)14-8-10-3-6-16-7-4-10/h9-11,13H,2-8H2,1H3,(H,14,15). The van der Waals surface area contributed by atoms with E-state index in [0.717, 1.165) is 45.6 Å². The van der Waals surface area contributed by atoms with Crippen molar-refractivity contribution >= 4 is 5.91 Å². The number of carbonyl (C=O) groups is 1. The van der Waals surface area contributed by atoms with Crippen LogP contribution in [0.25, 0.3) is 0 Å². The fourth-order valence-electron chi connectivity index (χ4n) is 2.54. The second-order valence-electron chi connectivity index (χ2n) is 4.94. The molecule has 0 aromatic carbocycles. The van der Waals surface area contributed by atoms with Gasteiger partial charge in [-0.2, -0.15) is 0 Å². The fraction of sp³-hybridized carbons (Fsp3) is 0.917. The molecule has 1 amide bonds. The lowest BCUT2D eigenvalue weighted by Crippen LogP contribution is -2.39. The van der Waals surface area contributed by atoms with Crippen LogP contribution in [0, 0.1) is 11.8 Å². The highest BCUT2D eigenvalue weighted by molar-refractivity contribution is 5.79. The molecule has 0 spiro atoms. The summed E-state index contributed by atoms with van der Waals surface area (Å²) < 4.78 is 5.30. The second-order valence-corrected chi connectivity index (χ2v) is 4.94. The molecule has 0 radical (unpaired) electrons. The van der Waals surface area contributed by atoms with Crippen molar-refractivity contribution in [2.45, 2.75) is 32.2 Å². The van der Waals surface area contributed by atoms with Crippen LogP contribution in [0.4, 0.5) is 0 Å². The predicted molar refractivity (Wildman–Crippen MR) is 62.1 cm³/mol. The Labute approximate surface area is 97.1 Å². The van der Waals surface area contributed by atoms with Crippen LogP contribution in [0.2, 0.25) is 0 Å². The SMILES string of the molecule is CC1NCCC1C(=O)NCC1CCOCC1. The molecule has 16 heavy (non-hydrogen) atoms. The van der Waals surface area contributed by atoms with E-state index < -0.39 is 0 Å². The Hall–Kier alpha value is -0.610. The van der Waals surface area contributed by atoms with Crippen LogP contribution in [-0.2, 0) is 9.53 Å². The van der Waals surface area contributed by atoms with E-state index in [1.54, 1.807) is 0 Å². The zero-order valence-electron chi connectivity index (χ0n) is 10.00. The van der Waals surface area contributed by atoms with E-state index in [9.17, 15) is 4.79 Å². The van der Waals surface area contributed by atoms with Gasteiger partial charge >= 0.3 is 0 Å². The molecule has 2 heterocycles. The average molecular weight is 226 g/mol. The van der Waals surface area contributed by atoms with Gasteiger partial charge in [0.2, 0.25) is 5.91 Å². The molecular formula is C12H22N2O2. The maximum Gasteiger partial charge on any atom is 0.224 e. The van der Waals surface area contributed by atoms with Crippen LogP contribution in [0.3, 0.4) is 0 Å². The summed E-state index contributed by atoms with van der Waals surface area (Å²) in [7, 11) is 0. The number of carbonyl (C=O) groups excluding carboxylic acids is 1. The highest BCUT2D eigenvalue weighted by atomic mass is 16.5. The summed E-state index contributed by atoms with van der Waals surface area (Å²) >= 11 is 0. The third-order valence-corrected chi connectivity index (χ3v) is 3.77. The molecule has 4 nitrogen and oxygen atoms in total. The molecule has 2 atom stereocenters. The van der Waals surface area contributed by atoms with Gasteiger partial charge in [-0.25, -0.2) is 0 Å². The molecule has 2 rings (SSSR count). The maximum absolute atomic E-state index is 11.9. The van der Waals surface area contributed by atoms with E-state index >= 15 is 0 Å². The molecule has 0 aromatic heterocycles. The summed E-state index contributed by atoms with van der Waals surface area (Å²) in [6, 6.07) is 0.328. The number of nitrogens with one attached hydrogen (secondary N) is 2. The van der Waals surface area contributed by atoms with E-state index in [1.165, 1.54) is 0 Å². The van der Waals surface area contributed by atoms with Crippen LogP contribution in [0.15, 0.2) is 0 Å². The van der Waals surface area contributed by atoms with Crippen LogP contribution in [0.5, 0.6) is 0 Å². The molecule has 0 saturated carbocycles. The topological polar surface area (TPSA) is 50.4 Å². The Morgan fingerprint density at radius 1 is 1.38 bits per heavy atom. The summed E-state index contributed by atoms with van der Waals surface area (Å²) in [5, 5.41) is 6.40. The van der Waals surface area contributed by atoms with Crippen molar-refractivity contribution in [3.63, 3.8) is 0 Å². The van der Waals surface area contributed by atoms with Gasteiger partial charge in [-0.3, -0.25) is 4.79 Å². The Bertz CT molecular complexity index is 239. The molecule has 2 unspecified atom stereocenters. The zero-order chi connectivity index (χ0) is 11.4. The second kappa shape index (κ2) is 5.64. The number of hydrogen-bond acceptors (Lipinski definition) is 3. The average Bonchev–Trinajstić information content (AvgIpc) is 2.74. The van der Waals surface area contributed by atoms with Gasteiger partial charge in [-0.1, -0.05) is 0 Å². The minimum absolute atomic E-state index is 0.167. The van der Waals surface area contributed by atoms with Gasteiger partial charge in [0.15, 0.2) is 0 Å². The van der Waals surface area contributed by atoms with E-state index in [4.69, 9.17) is 4.74 Å². The first-order chi connectivity index (χ1) is 7.77. The first-order valence-electron chi connectivity index (χ1n) is 6.36. The predicted octanol–water partition coefficient (Wildman–Crippen LogP) is 0.527. The molecule has 2 aliphatic rings. The lowest BCUT2D eigenvalue weighted by Gasteiger charge is -2.23. The molecular weight excluding hydrogens is 204 g/mol. The van der Waals surface area contributed by atoms with Gasteiger partial charge < -0.3 is 15.4 Å². The Kier molecular flexibility index (Phi) is 4.18. The highest BCUT2D eigenvalue weighted by Gasteiger charge is 2.29. The van der Waals surface area contributed by atoms with Gasteiger partial charge in [0.05, 0.1) is 5.92 Å². The monoisotopic (exact) mass is 226 g/mol. The molecule has 2 saturated heterocycles. The minimum Gasteiger partial charge on any atom is -0.381 e. The zero-order valence-corrected chi connectivity index (χ0v) is 10.00. The van der Waals surface area contributed by atoms with Crippen LogP contribution in [0.1, 0.15) is 26.2 Å². The Morgan fingerprint density at radius 3 is 2.75 bits per heavy atom. The third kappa shape index (κ3) is 2.95. The third-order valence-electron chi connectivity index (χ3n) is 3.77. The summed E-state index contributed by atoms with van der Waals surface area (Å²) in [5.74, 6) is 1.01. The Morgan fingerprint density at radius 2 is 2.12 bits per heavy atom. The molecule has 2 fully saturated rings. The number of rotatable bonds is 3. The molecule has 2 aliphatic heterocycles. The minimum atomic E-state index is 0.167. The molecule has 0 aliphatic carbocycles. The first kappa shape index (κ1) is 11.9. The van der Waals surface area contributed by atoms with Crippen molar-refractivity contribution in [3.05, 3.63) is 0 Å². The van der Waals surface area contributed by atoms with Crippen LogP contribution in [-0.4, -0.2) is 38.3 Å². The summed E-state index contributed by atoms with van der Waals surface area (Å²) in [5.41, 5.74) is 0. The normalized spacial score (nSPS) is 31.6. The number of ether oxygens (including phenoxy) is 1. The van der Waals surface area contributed by atoms with Gasteiger partial charge in [0.25, 0.3) is 0 Å². The van der Waals surface area contributed by atoms with Crippen molar-refractivity contribution in [2.75, 3.05) is 26.3 Å². The first-order valence-corrected chi connectivity index (χ1v) is 6.36. The van der Waals surface area contributed by atoms with E-state index in [1.807, 2.05) is 0 Å². The van der Waals surface area contributed by atoms with Crippen LogP contribution < -0.4 is 10.6 Å². The number of hydrogen-bond donors (Lipinski definition) is 2. The summed E-state index contributed by atoms with van der Waals surface area (Å²) in [4.78, 5) is 11.9. The van der Waals surface area contributed by atoms with Crippen molar-refractivity contribution < 1.29 is 9.53 Å². The van der Waals surface area contributed by atoms with Crippen molar-refractivity contribution in [2.24, 2.45) is 11.8 Å². The molecule has 0 bridgehead atoms.